The number of nitrogens with one attached hydrogen (secondary N) is 2. The van der Waals surface area contributed by atoms with Crippen molar-refractivity contribution in [2.45, 2.75) is 43.7 Å². The van der Waals surface area contributed by atoms with Crippen molar-refractivity contribution in [1.82, 2.24) is 4.72 Å². The average molecular weight is 378 g/mol. The lowest BCUT2D eigenvalue weighted by Gasteiger charge is -2.21. The van der Waals surface area contributed by atoms with Crippen LogP contribution < -0.4 is 15.8 Å². The number of sulfonamides is 1. The van der Waals surface area contributed by atoms with Gasteiger partial charge in [-0.15, -0.1) is 0 Å². The minimum Gasteiger partial charge on any atom is -0.325 e. The fraction of sp³-hybridized carbons (Fsp3) is 0.533. The van der Waals surface area contributed by atoms with E-state index < -0.39 is 38.2 Å². The summed E-state index contributed by atoms with van der Waals surface area (Å²) in [5, 5.41) is 2.52. The van der Waals surface area contributed by atoms with Crippen LogP contribution in [0.1, 0.15) is 27.2 Å². The van der Waals surface area contributed by atoms with Crippen molar-refractivity contribution in [3.05, 3.63) is 24.0 Å². The van der Waals surface area contributed by atoms with Gasteiger partial charge in [0.1, 0.15) is 10.7 Å². The molecule has 0 spiro atoms. The second kappa shape index (κ2) is 8.28. The number of carbonyl (C=O) groups excluding carboxylic acids is 1. The third-order valence-electron chi connectivity index (χ3n) is 2.90. The van der Waals surface area contributed by atoms with Gasteiger partial charge in [0.15, 0.2) is 0 Å². The first-order chi connectivity index (χ1) is 11.0. The molecule has 24 heavy (non-hydrogen) atoms. The largest absolute Gasteiger partial charge is 0.325 e. The van der Waals surface area contributed by atoms with E-state index in [0.717, 1.165) is 17.9 Å². The van der Waals surface area contributed by atoms with Gasteiger partial charge in [0.05, 0.1) is 6.04 Å². The number of hydrogen-bond acceptors (Lipinski definition) is 5. The van der Waals surface area contributed by atoms with Crippen molar-refractivity contribution in [2.24, 2.45) is 5.73 Å². The summed E-state index contributed by atoms with van der Waals surface area (Å²) in [4.78, 5) is 11.5. The molecule has 0 fully saturated rings. The van der Waals surface area contributed by atoms with Crippen LogP contribution >= 0.6 is 11.8 Å². The van der Waals surface area contributed by atoms with E-state index in [1.165, 1.54) is 6.07 Å². The van der Waals surface area contributed by atoms with E-state index in [1.807, 2.05) is 6.26 Å². The molecule has 0 heterocycles. The Morgan fingerprint density at radius 2 is 2.00 bits per heavy atom. The zero-order valence-electron chi connectivity index (χ0n) is 14.2. The summed E-state index contributed by atoms with van der Waals surface area (Å²) in [7, 11) is -4.05. The molecule has 0 radical (unpaired) electrons. The lowest BCUT2D eigenvalue weighted by Crippen LogP contribution is -2.40. The molecule has 0 saturated carbocycles. The molecule has 0 aliphatic carbocycles. The number of nitrogens with two attached hydrogens (primary N) is 1. The topological polar surface area (TPSA) is 101 Å². The van der Waals surface area contributed by atoms with Gasteiger partial charge in [-0.3, -0.25) is 4.79 Å². The third kappa shape index (κ3) is 6.39. The minimum absolute atomic E-state index is 0.176. The molecule has 0 saturated heterocycles. The molecule has 0 aliphatic rings. The summed E-state index contributed by atoms with van der Waals surface area (Å²) in [5.74, 6) is -0.605. The summed E-state index contributed by atoms with van der Waals surface area (Å²) in [6.45, 7) is 4.95. The Labute approximate surface area is 146 Å². The molecule has 1 amide bonds. The molecule has 6 nitrogen and oxygen atoms in total. The maximum Gasteiger partial charge on any atom is 0.244 e. The zero-order valence-corrected chi connectivity index (χ0v) is 15.9. The molecular formula is C15H24FN3O3S2. The van der Waals surface area contributed by atoms with Gasteiger partial charge in [-0.2, -0.15) is 11.8 Å². The van der Waals surface area contributed by atoms with Gasteiger partial charge in [0, 0.05) is 11.2 Å². The standard InChI is InChI=1S/C15H24FN3O3S2/c1-15(2,3)19-24(21,22)13-9-10(5-6-11(13)16)18-14(20)12(17)7-8-23-4/h5-6,9,12,19H,7-8,17H2,1-4H3,(H,18,20)/t12-/m0/s1. The number of halogens is 1. The number of thioether (sulfide) groups is 1. The second-order valence-electron chi connectivity index (χ2n) is 6.38. The molecule has 4 N–H and O–H groups in total. The van der Waals surface area contributed by atoms with Crippen LogP contribution in [0.5, 0.6) is 0 Å². The monoisotopic (exact) mass is 377 g/mol. The van der Waals surface area contributed by atoms with Gasteiger partial charge in [-0.05, 0) is 57.4 Å². The van der Waals surface area contributed by atoms with Crippen molar-refractivity contribution >= 4 is 33.4 Å². The van der Waals surface area contributed by atoms with Crippen LogP contribution in [0, 0.1) is 5.82 Å². The molecule has 1 aromatic rings. The van der Waals surface area contributed by atoms with Crippen LogP contribution in [0.3, 0.4) is 0 Å². The van der Waals surface area contributed by atoms with Crippen molar-refractivity contribution < 1.29 is 17.6 Å². The summed E-state index contributed by atoms with van der Waals surface area (Å²) >= 11 is 1.57. The fourth-order valence-electron chi connectivity index (χ4n) is 1.86. The lowest BCUT2D eigenvalue weighted by molar-refractivity contribution is -0.117. The van der Waals surface area contributed by atoms with Gasteiger partial charge in [-0.25, -0.2) is 17.5 Å². The summed E-state index contributed by atoms with van der Waals surface area (Å²) in [6.07, 6.45) is 2.40. The fourth-order valence-corrected chi connectivity index (χ4v) is 3.87. The van der Waals surface area contributed by atoms with Crippen LogP contribution in [0.4, 0.5) is 10.1 Å². The van der Waals surface area contributed by atoms with Gasteiger partial charge in [0.2, 0.25) is 15.9 Å². The van der Waals surface area contributed by atoms with Gasteiger partial charge >= 0.3 is 0 Å². The number of benzene rings is 1. The lowest BCUT2D eigenvalue weighted by atomic mass is 10.1. The van der Waals surface area contributed by atoms with E-state index in [4.69, 9.17) is 5.73 Å². The number of hydrogen-bond donors (Lipinski definition) is 3. The van der Waals surface area contributed by atoms with E-state index in [-0.39, 0.29) is 5.69 Å². The van der Waals surface area contributed by atoms with Crippen LogP contribution in [0.15, 0.2) is 23.1 Å². The molecule has 0 bridgehead atoms. The quantitative estimate of drug-likeness (QED) is 0.674. The van der Waals surface area contributed by atoms with E-state index in [2.05, 4.69) is 10.0 Å². The first-order valence-corrected chi connectivity index (χ1v) is 10.2. The predicted molar refractivity (Wildman–Crippen MR) is 96.1 cm³/mol. The highest BCUT2D eigenvalue weighted by Crippen LogP contribution is 2.21. The summed E-state index contributed by atoms with van der Waals surface area (Å²) in [6, 6.07) is 2.67. The summed E-state index contributed by atoms with van der Waals surface area (Å²) in [5.41, 5.74) is 5.18. The van der Waals surface area contributed by atoms with E-state index in [1.54, 1.807) is 32.5 Å². The number of rotatable bonds is 7. The maximum atomic E-state index is 13.9. The highest BCUT2D eigenvalue weighted by molar-refractivity contribution is 7.98. The Morgan fingerprint density at radius 3 is 2.54 bits per heavy atom. The van der Waals surface area contributed by atoms with E-state index in [0.29, 0.717) is 6.42 Å². The Balaban J connectivity index is 3.00. The number of amides is 1. The Bertz CT molecular complexity index is 688. The third-order valence-corrected chi connectivity index (χ3v) is 5.32. The molecule has 1 atom stereocenters. The normalized spacial score (nSPS) is 13.6. The number of carbonyl (C=O) groups is 1. The number of anilines is 1. The van der Waals surface area contributed by atoms with E-state index >= 15 is 0 Å². The van der Waals surface area contributed by atoms with Crippen molar-refractivity contribution in [2.75, 3.05) is 17.3 Å². The van der Waals surface area contributed by atoms with E-state index in [9.17, 15) is 17.6 Å². The zero-order chi connectivity index (χ0) is 18.5. The van der Waals surface area contributed by atoms with Crippen LogP contribution in [-0.4, -0.2) is 37.9 Å². The Kier molecular flexibility index (Phi) is 7.21. The molecule has 0 aliphatic heterocycles. The van der Waals surface area contributed by atoms with Crippen LogP contribution in [-0.2, 0) is 14.8 Å². The highest BCUT2D eigenvalue weighted by atomic mass is 32.2. The second-order valence-corrected chi connectivity index (χ2v) is 9.01. The van der Waals surface area contributed by atoms with Crippen LogP contribution in [0.2, 0.25) is 0 Å². The van der Waals surface area contributed by atoms with Gasteiger partial charge in [0.25, 0.3) is 0 Å². The van der Waals surface area contributed by atoms with Gasteiger partial charge < -0.3 is 11.1 Å². The first kappa shape index (κ1) is 20.9. The molecule has 0 unspecified atom stereocenters. The molecule has 1 aromatic carbocycles. The Morgan fingerprint density at radius 1 is 1.38 bits per heavy atom. The molecular weight excluding hydrogens is 353 g/mol. The molecule has 1 rings (SSSR count). The average Bonchev–Trinajstić information content (AvgIpc) is 2.43. The Hall–Kier alpha value is -1.16. The first-order valence-electron chi connectivity index (χ1n) is 7.35. The summed E-state index contributed by atoms with van der Waals surface area (Å²) < 4.78 is 40.9. The van der Waals surface area contributed by atoms with Crippen LogP contribution in [0.25, 0.3) is 0 Å². The predicted octanol–water partition coefficient (Wildman–Crippen LogP) is 1.92. The van der Waals surface area contributed by atoms with Gasteiger partial charge in [-0.1, -0.05) is 0 Å². The SMILES string of the molecule is CSCC[C@H](N)C(=O)Nc1ccc(F)c(S(=O)(=O)NC(C)(C)C)c1. The van der Waals surface area contributed by atoms with Crippen molar-refractivity contribution in [1.29, 1.82) is 0 Å². The highest BCUT2D eigenvalue weighted by Gasteiger charge is 2.25. The smallest absolute Gasteiger partial charge is 0.244 e. The molecule has 9 heteroatoms. The van der Waals surface area contributed by atoms with Crippen molar-refractivity contribution in [3.8, 4) is 0 Å². The molecule has 136 valence electrons. The van der Waals surface area contributed by atoms with Crippen molar-refractivity contribution in [3.63, 3.8) is 0 Å². The molecule has 0 aromatic heterocycles. The maximum absolute atomic E-state index is 13.9. The minimum atomic E-state index is -4.05.